The van der Waals surface area contributed by atoms with Crippen molar-refractivity contribution in [3.63, 3.8) is 0 Å². The molecule has 0 unspecified atom stereocenters. The van der Waals surface area contributed by atoms with E-state index in [0.717, 1.165) is 108 Å². The summed E-state index contributed by atoms with van der Waals surface area (Å²) in [7, 11) is 0. The fourth-order valence-corrected chi connectivity index (χ4v) is 14.1. The van der Waals surface area contributed by atoms with Gasteiger partial charge in [-0.25, -0.2) is 13.9 Å². The van der Waals surface area contributed by atoms with Gasteiger partial charge in [-0.05, 0) is 240 Å². The number of ether oxygens (including phenoxy) is 1. The standard InChI is InChI=1S/C74H54N2O8/c1-34(2)56-29-46(74(82)83)30-57(35(3)4)68(56)75-70(78)52-17-13-48-60-25-42-21-38-9-11-40-23-44-27-62-50-15-19-54-67-55(73(81)76(72(54)80)69-58(36(5)6)31-47(84-33-77)32-59(69)37(7)8)20-16-51(65(50)67)63(62)28-45(44)24-41(40)12-10-39(38)22-43(42)26-61(60)49-14-18-53(71(75)79)66(52)64(48)49/h9-37H,1-8H3,(H,82,83). The molecular weight excluding hydrogens is 1040 g/mol. The quantitative estimate of drug-likeness (QED) is 0.141. The Morgan fingerprint density at radius 1 is 0.357 bits per heavy atom. The zero-order valence-electron chi connectivity index (χ0n) is 47.4. The zero-order chi connectivity index (χ0) is 58.2. The van der Waals surface area contributed by atoms with Gasteiger partial charge in [0.25, 0.3) is 28.7 Å². The second-order valence-corrected chi connectivity index (χ2v) is 24.2. The Labute approximate surface area is 479 Å². The number of benzene rings is 10. The maximum Gasteiger partial charge on any atom is 0.335 e. The van der Waals surface area contributed by atoms with Crippen LogP contribution in [0.1, 0.15) is 112 Å². The van der Waals surface area contributed by atoms with Gasteiger partial charge in [-0.3, -0.25) is 24.0 Å². The Kier molecular flexibility index (Phi) is 10.9. The Morgan fingerprint density at radius 3 is 0.881 bits per heavy atom. The lowest BCUT2D eigenvalue weighted by molar-refractivity contribution is -0.120. The lowest BCUT2D eigenvalue weighted by Crippen LogP contribution is -2.34. The second kappa shape index (κ2) is 18.0. The maximum atomic E-state index is 14.9. The highest BCUT2D eigenvalue weighted by Crippen LogP contribution is 2.46. The summed E-state index contributed by atoms with van der Waals surface area (Å²) in [5, 5.41) is 31.4. The molecule has 0 radical (unpaired) electrons. The first-order chi connectivity index (χ1) is 40.4. The first kappa shape index (κ1) is 50.9. The van der Waals surface area contributed by atoms with Gasteiger partial charge in [0.1, 0.15) is 5.75 Å². The molecule has 0 bridgehead atoms. The number of hydrogen-bond donors (Lipinski definition) is 1. The zero-order valence-corrected chi connectivity index (χ0v) is 47.4. The van der Waals surface area contributed by atoms with Crippen LogP contribution in [0, 0.1) is 0 Å². The molecular formula is C74H54N2O8. The molecule has 2 heterocycles. The number of rotatable bonds is 9. The number of fused-ring (bicyclic) bond motifs is 10. The predicted molar refractivity (Wildman–Crippen MR) is 344 cm³/mol. The molecule has 0 aliphatic heterocycles. The summed E-state index contributed by atoms with van der Waals surface area (Å²) < 4.78 is 7.93. The molecule has 10 heteroatoms. The molecule has 0 spiro atoms. The normalized spacial score (nSPS) is 12.6. The van der Waals surface area contributed by atoms with Gasteiger partial charge in [-0.2, -0.15) is 0 Å². The average molecular weight is 1100 g/mol. The van der Waals surface area contributed by atoms with E-state index >= 15 is 0 Å². The Balaban J connectivity index is 0.864. The van der Waals surface area contributed by atoms with Crippen molar-refractivity contribution >= 4 is 142 Å². The van der Waals surface area contributed by atoms with Crippen molar-refractivity contribution < 1.29 is 19.4 Å². The third-order valence-corrected chi connectivity index (χ3v) is 18.1. The molecule has 1 N–H and O–H groups in total. The third kappa shape index (κ3) is 7.03. The van der Waals surface area contributed by atoms with Crippen LogP contribution in [0.15, 0.2) is 165 Å². The summed E-state index contributed by atoms with van der Waals surface area (Å²) in [4.78, 5) is 83.2. The summed E-state index contributed by atoms with van der Waals surface area (Å²) in [6.07, 6.45) is 0. The lowest BCUT2D eigenvalue weighted by Gasteiger charge is -2.22. The molecule has 0 aliphatic carbocycles. The number of carbonyl (C=O) groups is 2. The van der Waals surface area contributed by atoms with Crippen LogP contribution in [0.4, 0.5) is 0 Å². The molecule has 15 aromatic rings. The Hall–Kier alpha value is -10.1. The van der Waals surface area contributed by atoms with Gasteiger partial charge in [-0.15, -0.1) is 0 Å². The minimum atomic E-state index is -1.06. The molecule has 84 heavy (non-hydrogen) atoms. The average Bonchev–Trinajstić information content (AvgIpc) is 2.30. The summed E-state index contributed by atoms with van der Waals surface area (Å²) in [6, 6.07) is 48.7. The van der Waals surface area contributed by atoms with Crippen LogP contribution >= 0.6 is 0 Å². The number of hydrogen-bond acceptors (Lipinski definition) is 7. The number of pyridine rings is 2. The van der Waals surface area contributed by atoms with Crippen LogP contribution in [0.25, 0.3) is 141 Å². The summed E-state index contributed by atoms with van der Waals surface area (Å²) in [5.74, 6) is -1.21. The fraction of sp³-hybridized carbons (Fsp3) is 0.162. The van der Waals surface area contributed by atoms with E-state index in [4.69, 9.17) is 4.74 Å². The van der Waals surface area contributed by atoms with Crippen LogP contribution in [0.2, 0.25) is 0 Å². The summed E-state index contributed by atoms with van der Waals surface area (Å²) >= 11 is 0. The fourth-order valence-electron chi connectivity index (χ4n) is 14.1. The molecule has 408 valence electrons. The van der Waals surface area contributed by atoms with Crippen molar-refractivity contribution in [1.29, 1.82) is 0 Å². The number of aromatic carboxylic acids is 1. The first-order valence-corrected chi connectivity index (χ1v) is 28.7. The summed E-state index contributed by atoms with van der Waals surface area (Å²) in [6.45, 7) is 16.2. The minimum Gasteiger partial charge on any atom is -0.478 e. The van der Waals surface area contributed by atoms with E-state index in [2.05, 4.69) is 72.8 Å². The highest BCUT2D eigenvalue weighted by atomic mass is 16.5. The molecule has 0 aliphatic rings. The smallest absolute Gasteiger partial charge is 0.335 e. The van der Waals surface area contributed by atoms with Crippen molar-refractivity contribution in [1.82, 2.24) is 9.13 Å². The number of carbonyl (C=O) groups excluding carboxylic acids is 1. The molecule has 0 atom stereocenters. The molecule has 0 amide bonds. The molecule has 13 aromatic carbocycles. The molecule has 2 aromatic heterocycles. The van der Waals surface area contributed by atoms with Gasteiger partial charge in [0.05, 0.1) is 16.9 Å². The third-order valence-electron chi connectivity index (χ3n) is 18.1. The van der Waals surface area contributed by atoms with Crippen LogP contribution < -0.4 is 27.0 Å². The molecule has 15 rings (SSSR count). The summed E-state index contributed by atoms with van der Waals surface area (Å²) in [5.41, 5.74) is 2.26. The molecule has 10 nitrogen and oxygen atoms in total. The van der Waals surface area contributed by atoms with E-state index in [1.165, 1.54) is 9.13 Å². The SMILES string of the molecule is CC(C)c1cc(OC=O)cc(C(C)C)c1-n1c(=O)c2ccc3c4cc5cc6ccc7cc8cc9c(cc8cc7ccc6cc5cc4c4ccc(c1=O)c2c34)c1ccc2c(=O)n(-c3c(C(C)C)cc(C(=O)O)cc3C(C)C)c(=O)c3ccc9c1c32. The lowest BCUT2D eigenvalue weighted by atomic mass is 9.89. The number of nitrogens with zero attached hydrogens (tertiary/aromatic N) is 2. The van der Waals surface area contributed by atoms with Crippen molar-refractivity contribution in [3.8, 4) is 17.1 Å². The highest BCUT2D eigenvalue weighted by Gasteiger charge is 2.28. The van der Waals surface area contributed by atoms with Gasteiger partial charge in [-0.1, -0.05) is 104 Å². The largest absolute Gasteiger partial charge is 0.478 e. The van der Waals surface area contributed by atoms with Crippen molar-refractivity contribution in [2.24, 2.45) is 0 Å². The highest BCUT2D eigenvalue weighted by molar-refractivity contribution is 6.38. The van der Waals surface area contributed by atoms with Gasteiger partial charge in [0.15, 0.2) is 0 Å². The molecule has 0 saturated carbocycles. The monoisotopic (exact) mass is 1100 g/mol. The predicted octanol–water partition coefficient (Wildman–Crippen LogP) is 16.6. The van der Waals surface area contributed by atoms with Crippen LogP contribution in [0.5, 0.6) is 5.75 Å². The van der Waals surface area contributed by atoms with Gasteiger partial charge in [0.2, 0.25) is 0 Å². The number of aromatic nitrogens is 2. The maximum absolute atomic E-state index is 14.9. The van der Waals surface area contributed by atoms with Crippen molar-refractivity contribution in [2.75, 3.05) is 0 Å². The van der Waals surface area contributed by atoms with E-state index in [9.17, 15) is 33.9 Å². The van der Waals surface area contributed by atoms with Crippen LogP contribution in [0.3, 0.4) is 0 Å². The Bertz CT molecular complexity index is 5430. The van der Waals surface area contributed by atoms with E-state index in [1.54, 1.807) is 24.3 Å². The van der Waals surface area contributed by atoms with E-state index < -0.39 is 17.1 Å². The van der Waals surface area contributed by atoms with Crippen molar-refractivity contribution in [2.45, 2.75) is 79.1 Å². The van der Waals surface area contributed by atoms with Crippen LogP contribution in [-0.4, -0.2) is 26.7 Å². The molecule has 0 fully saturated rings. The van der Waals surface area contributed by atoms with Gasteiger partial charge >= 0.3 is 5.97 Å². The topological polar surface area (TPSA) is 142 Å². The molecule has 0 saturated heterocycles. The van der Waals surface area contributed by atoms with Crippen molar-refractivity contribution in [3.05, 3.63) is 215 Å². The van der Waals surface area contributed by atoms with E-state index in [1.807, 2.05) is 104 Å². The first-order valence-electron chi connectivity index (χ1n) is 28.7. The number of carboxylic acid groups (broad SMARTS) is 1. The van der Waals surface area contributed by atoms with Gasteiger partial charge < -0.3 is 9.84 Å². The van der Waals surface area contributed by atoms with E-state index in [-0.39, 0.29) is 40.4 Å². The van der Waals surface area contributed by atoms with Crippen LogP contribution in [-0.2, 0) is 4.79 Å². The number of carboxylic acids is 1. The van der Waals surface area contributed by atoms with E-state index in [0.29, 0.717) is 67.0 Å². The minimum absolute atomic E-state index is 0.0900. The Morgan fingerprint density at radius 2 is 0.619 bits per heavy atom. The second-order valence-electron chi connectivity index (χ2n) is 24.2. The van der Waals surface area contributed by atoms with Gasteiger partial charge in [0, 0.05) is 32.3 Å².